The fourth-order valence-corrected chi connectivity index (χ4v) is 4.10. The summed E-state index contributed by atoms with van der Waals surface area (Å²) in [6.45, 7) is 8.72. The number of oxazole rings is 1. The lowest BCUT2D eigenvalue weighted by Gasteiger charge is -2.33. The van der Waals surface area contributed by atoms with Crippen molar-refractivity contribution in [2.75, 3.05) is 45.8 Å². The van der Waals surface area contributed by atoms with Gasteiger partial charge in [0, 0.05) is 38.8 Å². The first-order valence-corrected chi connectivity index (χ1v) is 10.0. The van der Waals surface area contributed by atoms with Crippen molar-refractivity contribution in [3.8, 4) is 0 Å². The van der Waals surface area contributed by atoms with Crippen LogP contribution in [-0.4, -0.2) is 69.0 Å². The van der Waals surface area contributed by atoms with Crippen LogP contribution in [0.15, 0.2) is 32.3 Å². The van der Waals surface area contributed by atoms with Crippen LogP contribution in [0.5, 0.6) is 0 Å². The normalized spacial score (nSPS) is 17.3. The van der Waals surface area contributed by atoms with Gasteiger partial charge in [0.25, 0.3) is 0 Å². The van der Waals surface area contributed by atoms with Crippen molar-refractivity contribution in [1.82, 2.24) is 19.5 Å². The molecule has 25 heavy (non-hydrogen) atoms. The lowest BCUT2D eigenvalue weighted by Crippen LogP contribution is -2.46. The van der Waals surface area contributed by atoms with Crippen molar-refractivity contribution in [2.45, 2.75) is 18.2 Å². The second-order valence-electron chi connectivity index (χ2n) is 6.20. The van der Waals surface area contributed by atoms with E-state index in [0.29, 0.717) is 12.1 Å². The highest BCUT2D eigenvalue weighted by Gasteiger charge is 2.17. The highest BCUT2D eigenvalue weighted by molar-refractivity contribution is 7.89. The van der Waals surface area contributed by atoms with Gasteiger partial charge >= 0.3 is 5.76 Å². The molecule has 0 aliphatic carbocycles. The lowest BCUT2D eigenvalue weighted by atomic mass is 10.3. The first kappa shape index (κ1) is 18.1. The van der Waals surface area contributed by atoms with E-state index in [1.165, 1.54) is 18.2 Å². The third kappa shape index (κ3) is 4.49. The molecule has 138 valence electrons. The predicted octanol–water partition coefficient (Wildman–Crippen LogP) is 0.427. The summed E-state index contributed by atoms with van der Waals surface area (Å²) >= 11 is 0. The van der Waals surface area contributed by atoms with Gasteiger partial charge in [0.1, 0.15) is 0 Å². The lowest BCUT2D eigenvalue weighted by molar-refractivity contribution is 0.136. The van der Waals surface area contributed by atoms with Gasteiger partial charge in [-0.25, -0.2) is 17.9 Å². The number of nitrogens with one attached hydrogen (secondary N) is 2. The average molecular weight is 368 g/mol. The molecule has 2 N–H and O–H groups in total. The number of aromatic nitrogens is 1. The Kier molecular flexibility index (Phi) is 5.57. The van der Waals surface area contributed by atoms with E-state index in [1.54, 1.807) is 0 Å². The monoisotopic (exact) mass is 368 g/mol. The molecular weight excluding hydrogens is 344 g/mol. The molecule has 1 aliphatic rings. The van der Waals surface area contributed by atoms with Gasteiger partial charge in [0.15, 0.2) is 5.58 Å². The van der Waals surface area contributed by atoms with E-state index in [1.807, 2.05) is 0 Å². The number of fused-ring (bicyclic) bond motifs is 1. The Morgan fingerprint density at radius 1 is 1.20 bits per heavy atom. The molecule has 2 aromatic rings. The highest BCUT2D eigenvalue weighted by Crippen LogP contribution is 2.16. The van der Waals surface area contributed by atoms with Gasteiger partial charge in [-0.1, -0.05) is 6.92 Å². The smallest absolute Gasteiger partial charge is 0.408 e. The number of sulfonamides is 1. The summed E-state index contributed by atoms with van der Waals surface area (Å²) in [6.07, 6.45) is 0.757. The zero-order chi connectivity index (χ0) is 17.9. The molecule has 0 spiro atoms. The van der Waals surface area contributed by atoms with E-state index in [9.17, 15) is 13.2 Å². The number of hydrogen-bond acceptors (Lipinski definition) is 6. The van der Waals surface area contributed by atoms with E-state index >= 15 is 0 Å². The highest BCUT2D eigenvalue weighted by atomic mass is 32.2. The Hall–Kier alpha value is -1.68. The summed E-state index contributed by atoms with van der Waals surface area (Å²) in [7, 11) is -3.61. The summed E-state index contributed by atoms with van der Waals surface area (Å²) in [4.78, 5) is 18.5. The van der Waals surface area contributed by atoms with Crippen LogP contribution in [0.25, 0.3) is 11.1 Å². The molecule has 0 radical (unpaired) electrons. The molecular formula is C16H24N4O4S. The molecule has 1 aromatic heterocycles. The van der Waals surface area contributed by atoms with Gasteiger partial charge in [-0.2, -0.15) is 0 Å². The number of nitrogens with zero attached hydrogens (tertiary/aromatic N) is 2. The van der Waals surface area contributed by atoms with Crippen LogP contribution in [0.4, 0.5) is 0 Å². The zero-order valence-electron chi connectivity index (χ0n) is 14.3. The van der Waals surface area contributed by atoms with Crippen LogP contribution in [0, 0.1) is 0 Å². The maximum atomic E-state index is 12.4. The predicted molar refractivity (Wildman–Crippen MR) is 95.2 cm³/mol. The van der Waals surface area contributed by atoms with Gasteiger partial charge in [0.05, 0.1) is 10.4 Å². The molecule has 1 aromatic carbocycles. The molecule has 9 heteroatoms. The largest absolute Gasteiger partial charge is 0.417 e. The maximum absolute atomic E-state index is 12.4. The third-order valence-electron chi connectivity index (χ3n) is 4.56. The number of rotatable bonds is 7. The zero-order valence-corrected chi connectivity index (χ0v) is 15.1. The fraction of sp³-hybridized carbons (Fsp3) is 0.562. The molecule has 0 unspecified atom stereocenters. The van der Waals surface area contributed by atoms with Crippen LogP contribution >= 0.6 is 0 Å². The van der Waals surface area contributed by atoms with Crippen LogP contribution in [0.2, 0.25) is 0 Å². The second kappa shape index (κ2) is 7.69. The van der Waals surface area contributed by atoms with Crippen molar-refractivity contribution < 1.29 is 12.8 Å². The average Bonchev–Trinajstić information content (AvgIpc) is 2.98. The minimum absolute atomic E-state index is 0.0966. The molecule has 3 rings (SSSR count). The van der Waals surface area contributed by atoms with Crippen molar-refractivity contribution >= 4 is 21.1 Å². The molecule has 2 heterocycles. The summed E-state index contributed by atoms with van der Waals surface area (Å²) in [5, 5.41) is 0. The molecule has 0 bridgehead atoms. The van der Waals surface area contributed by atoms with Gasteiger partial charge < -0.3 is 14.2 Å². The number of piperazine rings is 1. The Morgan fingerprint density at radius 3 is 2.64 bits per heavy atom. The molecule has 1 fully saturated rings. The van der Waals surface area contributed by atoms with Crippen LogP contribution in [0.3, 0.4) is 0 Å². The number of likely N-dealkylation sites (N-methyl/N-ethyl adjacent to an activating group) is 1. The van der Waals surface area contributed by atoms with Crippen molar-refractivity contribution in [3.05, 3.63) is 28.7 Å². The molecule has 0 amide bonds. The number of benzene rings is 1. The second-order valence-corrected chi connectivity index (χ2v) is 7.97. The molecule has 1 aliphatic heterocycles. The van der Waals surface area contributed by atoms with Gasteiger partial charge in [-0.05, 0) is 31.6 Å². The Bertz CT molecular complexity index is 866. The standard InChI is InChI=1S/C16H24N4O4S/c1-2-19-8-10-20(11-9-19)7-3-6-17-25(22,23)13-4-5-14-15(12-13)24-16(21)18-14/h4-5,12,17H,2-3,6-11H2,1H3,(H,18,21). The van der Waals surface area contributed by atoms with Gasteiger partial charge in [-0.15, -0.1) is 0 Å². The number of hydrogen-bond donors (Lipinski definition) is 2. The minimum Gasteiger partial charge on any atom is -0.408 e. The van der Waals surface area contributed by atoms with E-state index < -0.39 is 15.8 Å². The van der Waals surface area contributed by atoms with Crippen molar-refractivity contribution in [2.24, 2.45) is 0 Å². The van der Waals surface area contributed by atoms with E-state index in [4.69, 9.17) is 4.42 Å². The minimum atomic E-state index is -3.61. The molecule has 0 saturated carbocycles. The van der Waals surface area contributed by atoms with Crippen LogP contribution < -0.4 is 10.5 Å². The molecule has 8 nitrogen and oxygen atoms in total. The van der Waals surface area contributed by atoms with Gasteiger partial charge in [-0.3, -0.25) is 4.98 Å². The van der Waals surface area contributed by atoms with Crippen LogP contribution in [0.1, 0.15) is 13.3 Å². The van der Waals surface area contributed by atoms with E-state index in [-0.39, 0.29) is 10.5 Å². The maximum Gasteiger partial charge on any atom is 0.417 e. The van der Waals surface area contributed by atoms with E-state index in [2.05, 4.69) is 26.4 Å². The van der Waals surface area contributed by atoms with Crippen molar-refractivity contribution in [1.29, 1.82) is 0 Å². The fourth-order valence-electron chi connectivity index (χ4n) is 3.01. The quantitative estimate of drug-likeness (QED) is 0.688. The Morgan fingerprint density at radius 2 is 1.92 bits per heavy atom. The summed E-state index contributed by atoms with van der Waals surface area (Å²) in [6, 6.07) is 4.35. The van der Waals surface area contributed by atoms with E-state index in [0.717, 1.165) is 45.7 Å². The van der Waals surface area contributed by atoms with Crippen LogP contribution in [-0.2, 0) is 10.0 Å². The summed E-state index contributed by atoms with van der Waals surface area (Å²) in [5.41, 5.74) is 0.719. The third-order valence-corrected chi connectivity index (χ3v) is 6.02. The number of aromatic amines is 1. The Balaban J connectivity index is 1.50. The summed E-state index contributed by atoms with van der Waals surface area (Å²) in [5.74, 6) is -0.597. The topological polar surface area (TPSA) is 98.6 Å². The summed E-state index contributed by atoms with van der Waals surface area (Å²) < 4.78 is 32.2. The van der Waals surface area contributed by atoms with Crippen molar-refractivity contribution in [3.63, 3.8) is 0 Å². The Labute approximate surface area is 146 Å². The molecule has 1 saturated heterocycles. The first-order chi connectivity index (χ1) is 12.0. The van der Waals surface area contributed by atoms with Gasteiger partial charge in [0.2, 0.25) is 10.0 Å². The SMILES string of the molecule is CCN1CCN(CCCNS(=O)(=O)c2ccc3[nH]c(=O)oc3c2)CC1. The first-order valence-electron chi connectivity index (χ1n) is 8.55. The number of H-pyrrole nitrogens is 1. The molecule has 0 atom stereocenters.